The van der Waals surface area contributed by atoms with E-state index in [1.807, 2.05) is 12.3 Å². The third-order valence-corrected chi connectivity index (χ3v) is 5.21. The standard InChI is InChI=1S/C21H20N.C5H12O2.Ir/c1-14(2)11-15-7-8-17-13-22-21-18-6-4-3-5-16(18)9-10-19(21)20(17)12-15;1-4(6)3-5(2)7;/h3-5,7-8,12-14H,9-11H2,1-2H3;4-7H,3H2,1-2H3;/q-1;;. The molecule has 0 bridgehead atoms. The van der Waals surface area contributed by atoms with E-state index < -0.39 is 0 Å². The monoisotopic (exact) mass is 583 g/mol. The topological polar surface area (TPSA) is 53.4 Å². The van der Waals surface area contributed by atoms with Crippen molar-refractivity contribution in [2.24, 2.45) is 5.92 Å². The van der Waals surface area contributed by atoms with Crippen molar-refractivity contribution in [3.05, 3.63) is 65.4 Å². The van der Waals surface area contributed by atoms with Gasteiger partial charge in [0.25, 0.3) is 0 Å². The zero-order chi connectivity index (χ0) is 21.0. The van der Waals surface area contributed by atoms with Crippen molar-refractivity contribution in [2.75, 3.05) is 0 Å². The Bertz CT molecular complexity index is 960. The van der Waals surface area contributed by atoms with E-state index in [0.717, 1.165) is 25.0 Å². The number of pyridine rings is 1. The Labute approximate surface area is 193 Å². The molecule has 0 amide bonds. The van der Waals surface area contributed by atoms with Gasteiger partial charge in [0, 0.05) is 26.3 Å². The van der Waals surface area contributed by atoms with Gasteiger partial charge in [-0.25, -0.2) is 0 Å². The van der Waals surface area contributed by atoms with Gasteiger partial charge in [-0.15, -0.1) is 35.4 Å². The summed E-state index contributed by atoms with van der Waals surface area (Å²) in [6, 6.07) is 16.5. The second-order valence-corrected chi connectivity index (χ2v) is 8.61. The third kappa shape index (κ3) is 6.21. The molecule has 2 atom stereocenters. The maximum absolute atomic E-state index is 8.56. The number of hydrogen-bond acceptors (Lipinski definition) is 3. The fourth-order valence-corrected chi connectivity index (χ4v) is 4.04. The van der Waals surface area contributed by atoms with Crippen LogP contribution in [-0.2, 0) is 39.4 Å². The van der Waals surface area contributed by atoms with E-state index in [1.54, 1.807) is 13.8 Å². The van der Waals surface area contributed by atoms with E-state index in [9.17, 15) is 0 Å². The zero-order valence-electron chi connectivity index (χ0n) is 18.3. The van der Waals surface area contributed by atoms with Crippen LogP contribution in [0, 0.1) is 12.0 Å². The number of aromatic nitrogens is 1. The van der Waals surface area contributed by atoms with Crippen LogP contribution in [0.3, 0.4) is 0 Å². The molecule has 2 aromatic carbocycles. The van der Waals surface area contributed by atoms with Gasteiger partial charge in [0.05, 0.1) is 12.2 Å². The fourth-order valence-electron chi connectivity index (χ4n) is 4.04. The number of aliphatic hydroxyl groups is 2. The average molecular weight is 583 g/mol. The van der Waals surface area contributed by atoms with Crippen molar-refractivity contribution in [1.82, 2.24) is 4.98 Å². The molecule has 0 aliphatic heterocycles. The van der Waals surface area contributed by atoms with Crippen LogP contribution in [0.25, 0.3) is 22.0 Å². The molecule has 30 heavy (non-hydrogen) atoms. The molecule has 0 saturated heterocycles. The number of hydrogen-bond donors (Lipinski definition) is 2. The molecule has 1 aromatic heterocycles. The normalized spacial score (nSPS) is 14.1. The molecule has 163 valence electrons. The maximum Gasteiger partial charge on any atom is 0.0536 e. The number of benzene rings is 2. The molecule has 2 unspecified atom stereocenters. The molecule has 4 rings (SSSR count). The summed E-state index contributed by atoms with van der Waals surface area (Å²) in [5, 5.41) is 19.8. The van der Waals surface area contributed by atoms with Gasteiger partial charge in [-0.3, -0.25) is 0 Å². The summed E-state index contributed by atoms with van der Waals surface area (Å²) in [6.07, 6.45) is 5.05. The Morgan fingerprint density at radius 2 is 1.77 bits per heavy atom. The van der Waals surface area contributed by atoms with Gasteiger partial charge in [-0.1, -0.05) is 44.0 Å². The van der Waals surface area contributed by atoms with Crippen LogP contribution >= 0.6 is 0 Å². The number of nitrogens with zero attached hydrogens (tertiary/aromatic N) is 1. The maximum atomic E-state index is 8.56. The smallest absolute Gasteiger partial charge is 0.0536 e. The summed E-state index contributed by atoms with van der Waals surface area (Å²) in [5.41, 5.74) is 6.54. The van der Waals surface area contributed by atoms with Gasteiger partial charge in [0.15, 0.2) is 0 Å². The molecule has 0 saturated carbocycles. The fraction of sp³-hybridized carbons (Fsp3) is 0.423. The molecule has 0 spiro atoms. The minimum atomic E-state index is -0.375. The van der Waals surface area contributed by atoms with E-state index in [4.69, 9.17) is 15.2 Å². The Morgan fingerprint density at radius 1 is 1.03 bits per heavy atom. The van der Waals surface area contributed by atoms with E-state index >= 15 is 0 Å². The first-order chi connectivity index (χ1) is 13.8. The SMILES string of the molecule is CC(C)Cc1ccc2cnc3c(c2c1)CCc1ccc[c-]c1-3.CC(O)CC(C)O.[Ir]. The number of aliphatic hydroxyl groups excluding tert-OH is 2. The average Bonchev–Trinajstić information content (AvgIpc) is 2.66. The van der Waals surface area contributed by atoms with E-state index in [-0.39, 0.29) is 32.3 Å². The summed E-state index contributed by atoms with van der Waals surface area (Å²) < 4.78 is 0. The number of aryl methyl sites for hydroxylation is 2. The van der Waals surface area contributed by atoms with Gasteiger partial charge in [0.2, 0.25) is 0 Å². The second kappa shape index (κ2) is 11.2. The molecule has 0 fully saturated rings. The molecule has 1 aliphatic carbocycles. The summed E-state index contributed by atoms with van der Waals surface area (Å²) in [6.45, 7) is 7.87. The van der Waals surface area contributed by atoms with Gasteiger partial charge < -0.3 is 15.2 Å². The Morgan fingerprint density at radius 3 is 2.40 bits per heavy atom. The Kier molecular flexibility index (Phi) is 9.18. The van der Waals surface area contributed by atoms with Crippen molar-refractivity contribution in [2.45, 2.75) is 65.6 Å². The quantitative estimate of drug-likeness (QED) is 0.420. The predicted molar refractivity (Wildman–Crippen MR) is 120 cm³/mol. The minimum Gasteiger partial charge on any atom is -0.393 e. The van der Waals surface area contributed by atoms with E-state index in [2.05, 4.69) is 50.2 Å². The zero-order valence-corrected chi connectivity index (χ0v) is 20.7. The van der Waals surface area contributed by atoms with Gasteiger partial charge in [-0.2, -0.15) is 0 Å². The van der Waals surface area contributed by atoms with Crippen LogP contribution in [0.4, 0.5) is 0 Å². The molecule has 4 heteroatoms. The molecular weight excluding hydrogens is 551 g/mol. The molecule has 3 aromatic rings. The first-order valence-electron chi connectivity index (χ1n) is 10.6. The molecule has 1 radical (unpaired) electrons. The van der Waals surface area contributed by atoms with Crippen LogP contribution in [0.15, 0.2) is 42.6 Å². The molecule has 2 N–H and O–H groups in total. The van der Waals surface area contributed by atoms with Gasteiger partial charge in [0.1, 0.15) is 0 Å². The van der Waals surface area contributed by atoms with Crippen molar-refractivity contribution < 1.29 is 30.3 Å². The summed E-state index contributed by atoms with van der Waals surface area (Å²) in [5.74, 6) is 0.684. The first-order valence-corrected chi connectivity index (χ1v) is 10.6. The number of rotatable bonds is 4. The van der Waals surface area contributed by atoms with Crippen LogP contribution in [0.1, 0.15) is 50.8 Å². The second-order valence-electron chi connectivity index (χ2n) is 8.61. The summed E-state index contributed by atoms with van der Waals surface area (Å²) in [7, 11) is 0. The van der Waals surface area contributed by atoms with Gasteiger partial charge in [-0.05, 0) is 61.1 Å². The summed E-state index contributed by atoms with van der Waals surface area (Å²) >= 11 is 0. The first kappa shape index (κ1) is 24.7. The van der Waals surface area contributed by atoms with Gasteiger partial charge >= 0.3 is 0 Å². The van der Waals surface area contributed by atoms with Crippen molar-refractivity contribution >= 4 is 10.8 Å². The Balaban J connectivity index is 0.000000350. The van der Waals surface area contributed by atoms with Crippen molar-refractivity contribution in [1.29, 1.82) is 0 Å². The van der Waals surface area contributed by atoms with Crippen LogP contribution in [0.5, 0.6) is 0 Å². The molecule has 1 aliphatic rings. The van der Waals surface area contributed by atoms with Crippen molar-refractivity contribution in [3.63, 3.8) is 0 Å². The largest absolute Gasteiger partial charge is 0.393 e. The van der Waals surface area contributed by atoms with E-state index in [0.29, 0.717) is 12.3 Å². The third-order valence-electron chi connectivity index (χ3n) is 5.21. The Hall–Kier alpha value is -1.58. The van der Waals surface area contributed by atoms with Crippen molar-refractivity contribution in [3.8, 4) is 11.3 Å². The molecular formula is C26H32IrNO2-. The molecule has 3 nitrogen and oxygen atoms in total. The minimum absolute atomic E-state index is 0. The van der Waals surface area contributed by atoms with Crippen LogP contribution in [-0.4, -0.2) is 27.4 Å². The van der Waals surface area contributed by atoms with Crippen LogP contribution in [0.2, 0.25) is 0 Å². The predicted octanol–water partition coefficient (Wildman–Crippen LogP) is 5.13. The number of fused-ring (bicyclic) bond motifs is 5. The van der Waals surface area contributed by atoms with Crippen LogP contribution < -0.4 is 0 Å². The van der Waals surface area contributed by atoms with E-state index in [1.165, 1.54) is 33.0 Å². The summed E-state index contributed by atoms with van der Waals surface area (Å²) in [4.78, 5) is 4.75. The molecule has 1 heterocycles.